The maximum Gasteiger partial charge on any atom is 0.213 e. The molecule has 0 atom stereocenters. The maximum absolute atomic E-state index is 2.26. The Morgan fingerprint density at radius 2 is 0.652 bits per heavy atom. The largest absolute Gasteiger partial charge is 0.213 e. The van der Waals surface area contributed by atoms with Crippen molar-refractivity contribution in [2.75, 3.05) is 0 Å². The first-order valence-electron chi connectivity index (χ1n) is 15.8. The van der Waals surface area contributed by atoms with Crippen LogP contribution in [0, 0.1) is 13.8 Å². The van der Waals surface area contributed by atoms with Gasteiger partial charge in [-0.3, -0.25) is 0 Å². The van der Waals surface area contributed by atoms with Crippen LogP contribution in [0.3, 0.4) is 0 Å². The number of nitrogens with zero attached hydrogens (tertiary/aromatic N) is 4. The molecule has 3 aromatic carbocycles. The Morgan fingerprint density at radius 1 is 0.348 bits per heavy atom. The first-order chi connectivity index (χ1) is 22.6. The molecular formula is C42H38N4+4. The number of rotatable bonds is 8. The van der Waals surface area contributed by atoms with Gasteiger partial charge in [0.1, 0.15) is 0 Å². The van der Waals surface area contributed by atoms with Crippen LogP contribution in [0.15, 0.2) is 171 Å². The van der Waals surface area contributed by atoms with Crippen molar-refractivity contribution >= 4 is 0 Å². The van der Waals surface area contributed by atoms with Crippen molar-refractivity contribution in [3.8, 4) is 33.6 Å². The van der Waals surface area contributed by atoms with Gasteiger partial charge in [0.05, 0.1) is 0 Å². The fraction of sp³-hybridized carbons (Fsp3) is 0.0952. The Labute approximate surface area is 271 Å². The summed E-state index contributed by atoms with van der Waals surface area (Å²) in [7, 11) is 0. The molecule has 0 aliphatic rings. The second-order valence-corrected chi connectivity index (χ2v) is 11.8. The molecule has 0 saturated heterocycles. The Kier molecular flexibility index (Phi) is 8.25. The zero-order chi connectivity index (χ0) is 31.3. The SMILES string of the molecule is Cc1ccccc1-[n+]1ccc(-c2cc[n+](Cc3ccccc3C[n+]3ccc(-c4cc[n+](-c5ccccc5C)cc4)cc3)cc2)cc1. The molecule has 0 N–H and O–H groups in total. The highest BCUT2D eigenvalue weighted by Crippen LogP contribution is 2.19. The lowest BCUT2D eigenvalue weighted by Crippen LogP contribution is -2.36. The summed E-state index contributed by atoms with van der Waals surface area (Å²) < 4.78 is 8.86. The summed E-state index contributed by atoms with van der Waals surface area (Å²) in [6, 6.07) is 43.2. The van der Waals surface area contributed by atoms with E-state index in [9.17, 15) is 0 Å². The Balaban J connectivity index is 1.02. The molecule has 4 heteroatoms. The van der Waals surface area contributed by atoms with Crippen molar-refractivity contribution in [3.05, 3.63) is 193 Å². The number of aryl methyl sites for hydroxylation is 2. The van der Waals surface area contributed by atoms with Crippen LogP contribution in [0.2, 0.25) is 0 Å². The fourth-order valence-corrected chi connectivity index (χ4v) is 6.04. The van der Waals surface area contributed by atoms with E-state index in [1.54, 1.807) is 0 Å². The van der Waals surface area contributed by atoms with E-state index in [1.807, 2.05) is 0 Å². The standard InChI is InChI=1S/C42H38N4/c1-33-9-3-7-13-41(33)45-27-19-37(20-28-45)35-15-23-43(24-16-35)31-39-11-5-6-12-40(39)32-44-25-17-36(18-26-44)38-21-29-46(30-22-38)42-14-8-4-10-34(42)2/h3-30H,31-32H2,1-2H3/q+4. The summed E-state index contributed by atoms with van der Waals surface area (Å²) in [5.41, 5.74) is 12.4. The predicted molar refractivity (Wildman–Crippen MR) is 181 cm³/mol. The van der Waals surface area contributed by atoms with E-state index in [4.69, 9.17) is 0 Å². The first-order valence-corrected chi connectivity index (χ1v) is 15.8. The van der Waals surface area contributed by atoms with Crippen LogP contribution < -0.4 is 18.3 Å². The molecule has 4 aromatic heterocycles. The summed E-state index contributed by atoms with van der Waals surface area (Å²) in [6.45, 7) is 5.93. The highest BCUT2D eigenvalue weighted by Gasteiger charge is 2.15. The lowest BCUT2D eigenvalue weighted by Gasteiger charge is -2.06. The molecule has 0 spiro atoms. The number of hydrogen-bond acceptors (Lipinski definition) is 0. The third kappa shape index (κ3) is 6.38. The van der Waals surface area contributed by atoms with Crippen LogP contribution in [-0.2, 0) is 13.1 Å². The molecule has 4 heterocycles. The lowest BCUT2D eigenvalue weighted by atomic mass is 10.1. The van der Waals surface area contributed by atoms with Crippen LogP contribution in [0.25, 0.3) is 33.6 Å². The van der Waals surface area contributed by atoms with E-state index >= 15 is 0 Å². The van der Waals surface area contributed by atoms with Gasteiger partial charge in [0, 0.05) is 82.9 Å². The van der Waals surface area contributed by atoms with E-state index < -0.39 is 0 Å². The van der Waals surface area contributed by atoms with Crippen molar-refractivity contribution in [1.29, 1.82) is 0 Å². The molecule has 0 fully saturated rings. The van der Waals surface area contributed by atoms with Crippen molar-refractivity contribution in [2.45, 2.75) is 26.9 Å². The average molecular weight is 599 g/mol. The molecule has 0 radical (unpaired) electrons. The minimum atomic E-state index is 0.822. The second-order valence-electron chi connectivity index (χ2n) is 11.8. The number of pyridine rings is 4. The van der Waals surface area contributed by atoms with Gasteiger partial charge in [0.15, 0.2) is 62.7 Å². The van der Waals surface area contributed by atoms with E-state index in [-0.39, 0.29) is 0 Å². The lowest BCUT2D eigenvalue weighted by molar-refractivity contribution is -0.693. The van der Waals surface area contributed by atoms with Gasteiger partial charge in [-0.2, -0.15) is 9.13 Å². The summed E-state index contributed by atoms with van der Waals surface area (Å²) in [4.78, 5) is 0. The van der Waals surface area contributed by atoms with Crippen LogP contribution in [-0.4, -0.2) is 0 Å². The molecule has 0 aliphatic heterocycles. The van der Waals surface area contributed by atoms with Gasteiger partial charge in [0.25, 0.3) is 0 Å². The molecule has 0 bridgehead atoms. The Hall–Kier alpha value is -5.74. The molecule has 0 aliphatic carbocycles. The highest BCUT2D eigenvalue weighted by atomic mass is 15.0. The van der Waals surface area contributed by atoms with Crippen LogP contribution in [0.1, 0.15) is 22.3 Å². The minimum absolute atomic E-state index is 0.822. The van der Waals surface area contributed by atoms with Crippen molar-refractivity contribution in [2.24, 2.45) is 0 Å². The predicted octanol–water partition coefficient (Wildman–Crippen LogP) is 6.86. The van der Waals surface area contributed by atoms with E-state index in [0.29, 0.717) is 0 Å². The van der Waals surface area contributed by atoms with E-state index in [0.717, 1.165) is 13.1 Å². The topological polar surface area (TPSA) is 15.5 Å². The van der Waals surface area contributed by atoms with Crippen molar-refractivity contribution in [1.82, 2.24) is 0 Å². The third-order valence-electron chi connectivity index (χ3n) is 8.72. The molecule has 7 aromatic rings. The molecule has 0 unspecified atom stereocenters. The van der Waals surface area contributed by atoms with Crippen LogP contribution >= 0.6 is 0 Å². The third-order valence-corrected chi connectivity index (χ3v) is 8.72. The second kappa shape index (κ2) is 13.1. The molecule has 46 heavy (non-hydrogen) atoms. The fourth-order valence-electron chi connectivity index (χ4n) is 6.04. The summed E-state index contributed by atoms with van der Waals surface area (Å²) >= 11 is 0. The summed E-state index contributed by atoms with van der Waals surface area (Å²) in [5.74, 6) is 0. The highest BCUT2D eigenvalue weighted by molar-refractivity contribution is 5.62. The quantitative estimate of drug-likeness (QED) is 0.170. The van der Waals surface area contributed by atoms with Gasteiger partial charge in [-0.1, -0.05) is 60.7 Å². The number of aromatic nitrogens is 4. The molecule has 0 amide bonds. The molecule has 222 valence electrons. The summed E-state index contributed by atoms with van der Waals surface area (Å²) in [6.07, 6.45) is 17.3. The van der Waals surface area contributed by atoms with Gasteiger partial charge in [-0.05, 0) is 36.1 Å². The monoisotopic (exact) mass is 598 g/mol. The average Bonchev–Trinajstić information content (AvgIpc) is 3.11. The number of hydrogen-bond donors (Lipinski definition) is 0. The van der Waals surface area contributed by atoms with Gasteiger partial charge in [-0.25, -0.2) is 9.13 Å². The molecule has 0 saturated carbocycles. The Morgan fingerprint density at radius 3 is 1.00 bits per heavy atom. The van der Waals surface area contributed by atoms with E-state index in [2.05, 4.69) is 203 Å². The number of para-hydroxylation sites is 2. The zero-order valence-electron chi connectivity index (χ0n) is 26.4. The van der Waals surface area contributed by atoms with Crippen LogP contribution in [0.4, 0.5) is 0 Å². The van der Waals surface area contributed by atoms with Crippen molar-refractivity contribution < 1.29 is 18.3 Å². The normalized spacial score (nSPS) is 11.0. The van der Waals surface area contributed by atoms with Crippen molar-refractivity contribution in [3.63, 3.8) is 0 Å². The zero-order valence-corrected chi connectivity index (χ0v) is 26.4. The number of benzene rings is 3. The van der Waals surface area contributed by atoms with Gasteiger partial charge >= 0.3 is 0 Å². The first kappa shape index (κ1) is 29.0. The smallest absolute Gasteiger partial charge is 0.201 e. The van der Waals surface area contributed by atoms with Gasteiger partial charge in [-0.15, -0.1) is 0 Å². The molecule has 7 rings (SSSR count). The minimum Gasteiger partial charge on any atom is -0.201 e. The molecular weight excluding hydrogens is 560 g/mol. The molecule has 4 nitrogen and oxygen atoms in total. The van der Waals surface area contributed by atoms with E-state index in [1.165, 1.54) is 55.9 Å². The maximum atomic E-state index is 2.26. The summed E-state index contributed by atoms with van der Waals surface area (Å²) in [5, 5.41) is 0. The van der Waals surface area contributed by atoms with Crippen LogP contribution in [0.5, 0.6) is 0 Å². The van der Waals surface area contributed by atoms with Gasteiger partial charge in [0.2, 0.25) is 11.4 Å². The van der Waals surface area contributed by atoms with Gasteiger partial charge < -0.3 is 0 Å². The Bertz CT molecular complexity index is 1930.